The molecule has 1 saturated carbocycles. The van der Waals surface area contributed by atoms with E-state index in [2.05, 4.69) is 10.6 Å². The van der Waals surface area contributed by atoms with Gasteiger partial charge in [-0.1, -0.05) is 25.7 Å². The summed E-state index contributed by atoms with van der Waals surface area (Å²) in [6.45, 7) is 0.435. The summed E-state index contributed by atoms with van der Waals surface area (Å²) in [6.07, 6.45) is 5.25. The van der Waals surface area contributed by atoms with Crippen LogP contribution in [0.25, 0.3) is 0 Å². The van der Waals surface area contributed by atoms with Gasteiger partial charge in [-0.2, -0.15) is 0 Å². The van der Waals surface area contributed by atoms with E-state index in [1.54, 1.807) is 0 Å². The van der Waals surface area contributed by atoms with Gasteiger partial charge in [0.15, 0.2) is 0 Å². The number of amides is 2. The quantitative estimate of drug-likeness (QED) is 0.665. The van der Waals surface area contributed by atoms with E-state index < -0.39 is 11.4 Å². The summed E-state index contributed by atoms with van der Waals surface area (Å²) in [4.78, 5) is 34.8. The Morgan fingerprint density at radius 3 is 2.40 bits per heavy atom. The van der Waals surface area contributed by atoms with Gasteiger partial charge < -0.3 is 15.7 Å². The monoisotopic (exact) mass is 282 g/mol. The van der Waals surface area contributed by atoms with Crippen molar-refractivity contribution in [3.63, 3.8) is 0 Å². The molecule has 1 saturated heterocycles. The van der Waals surface area contributed by atoms with Crippen molar-refractivity contribution in [2.24, 2.45) is 5.41 Å². The maximum Gasteiger partial charge on any atom is 0.310 e. The number of rotatable bonds is 4. The van der Waals surface area contributed by atoms with Crippen LogP contribution in [-0.4, -0.2) is 35.5 Å². The molecule has 112 valence electrons. The normalized spacial score (nSPS) is 25.6. The third-order valence-corrected chi connectivity index (χ3v) is 4.36. The van der Waals surface area contributed by atoms with Gasteiger partial charge in [-0.05, 0) is 12.8 Å². The van der Waals surface area contributed by atoms with Crippen molar-refractivity contribution in [3.05, 3.63) is 0 Å². The van der Waals surface area contributed by atoms with Crippen molar-refractivity contribution in [2.45, 2.75) is 57.4 Å². The van der Waals surface area contributed by atoms with Crippen LogP contribution < -0.4 is 10.6 Å². The first kappa shape index (κ1) is 14.8. The fourth-order valence-electron chi connectivity index (χ4n) is 3.16. The highest BCUT2D eigenvalue weighted by Crippen LogP contribution is 2.38. The Balaban J connectivity index is 1.95. The van der Waals surface area contributed by atoms with E-state index in [1.807, 2.05) is 0 Å². The summed E-state index contributed by atoms with van der Waals surface area (Å²) in [7, 11) is 0. The van der Waals surface area contributed by atoms with Crippen molar-refractivity contribution in [2.75, 3.05) is 6.54 Å². The first-order valence-corrected chi connectivity index (χ1v) is 7.31. The van der Waals surface area contributed by atoms with Crippen LogP contribution in [-0.2, 0) is 14.4 Å². The first-order valence-electron chi connectivity index (χ1n) is 7.31. The minimum Gasteiger partial charge on any atom is -0.481 e. The van der Waals surface area contributed by atoms with Crippen LogP contribution in [0, 0.1) is 5.41 Å². The van der Waals surface area contributed by atoms with E-state index in [4.69, 9.17) is 0 Å². The zero-order valence-electron chi connectivity index (χ0n) is 11.6. The second-order valence-electron chi connectivity index (χ2n) is 5.95. The van der Waals surface area contributed by atoms with Crippen molar-refractivity contribution >= 4 is 17.8 Å². The van der Waals surface area contributed by atoms with E-state index in [9.17, 15) is 19.5 Å². The number of nitrogens with one attached hydrogen (secondary N) is 2. The Bertz CT molecular complexity index is 400. The van der Waals surface area contributed by atoms with E-state index in [-0.39, 0.29) is 30.7 Å². The van der Waals surface area contributed by atoms with Crippen LogP contribution in [0.2, 0.25) is 0 Å². The maximum atomic E-state index is 12.1. The molecular formula is C14H22N2O4. The highest BCUT2D eigenvalue weighted by atomic mass is 16.4. The first-order chi connectivity index (χ1) is 9.52. The zero-order chi connectivity index (χ0) is 14.6. The molecule has 0 aromatic heterocycles. The summed E-state index contributed by atoms with van der Waals surface area (Å²) in [5, 5.41) is 14.9. The van der Waals surface area contributed by atoms with E-state index in [0.717, 1.165) is 25.7 Å². The molecule has 0 aromatic rings. The number of hydrogen-bond acceptors (Lipinski definition) is 3. The molecule has 1 aliphatic carbocycles. The Morgan fingerprint density at radius 1 is 1.25 bits per heavy atom. The Kier molecular flexibility index (Phi) is 4.62. The molecule has 20 heavy (non-hydrogen) atoms. The highest BCUT2D eigenvalue weighted by molar-refractivity contribution is 5.86. The van der Waals surface area contributed by atoms with Crippen molar-refractivity contribution in [1.82, 2.24) is 10.6 Å². The van der Waals surface area contributed by atoms with Gasteiger partial charge >= 0.3 is 5.97 Å². The highest BCUT2D eigenvalue weighted by Gasteiger charge is 2.41. The molecule has 2 amide bonds. The second kappa shape index (κ2) is 6.24. The van der Waals surface area contributed by atoms with Gasteiger partial charge in [-0.15, -0.1) is 0 Å². The van der Waals surface area contributed by atoms with Gasteiger partial charge in [-0.3, -0.25) is 14.4 Å². The average Bonchev–Trinajstić information content (AvgIpc) is 2.64. The predicted molar refractivity (Wildman–Crippen MR) is 71.9 cm³/mol. The lowest BCUT2D eigenvalue weighted by molar-refractivity contribution is -0.153. The van der Waals surface area contributed by atoms with E-state index >= 15 is 0 Å². The van der Waals surface area contributed by atoms with Crippen LogP contribution in [0.1, 0.15) is 51.4 Å². The summed E-state index contributed by atoms with van der Waals surface area (Å²) in [5.74, 6) is -1.19. The summed E-state index contributed by atoms with van der Waals surface area (Å²) < 4.78 is 0. The maximum absolute atomic E-state index is 12.1. The van der Waals surface area contributed by atoms with E-state index in [1.165, 1.54) is 0 Å². The summed E-state index contributed by atoms with van der Waals surface area (Å²) in [6, 6.07) is -0.202. The van der Waals surface area contributed by atoms with Gasteiger partial charge in [0, 0.05) is 19.4 Å². The van der Waals surface area contributed by atoms with Crippen LogP contribution in [0.15, 0.2) is 0 Å². The summed E-state index contributed by atoms with van der Waals surface area (Å²) >= 11 is 0. The van der Waals surface area contributed by atoms with Gasteiger partial charge in [0.25, 0.3) is 0 Å². The minimum atomic E-state index is -0.920. The smallest absolute Gasteiger partial charge is 0.310 e. The lowest BCUT2D eigenvalue weighted by Gasteiger charge is -2.27. The van der Waals surface area contributed by atoms with Crippen LogP contribution in [0.5, 0.6) is 0 Å². The molecule has 2 rings (SSSR count). The van der Waals surface area contributed by atoms with Crippen molar-refractivity contribution in [3.8, 4) is 0 Å². The minimum absolute atomic E-state index is 0.0209. The van der Waals surface area contributed by atoms with Crippen LogP contribution >= 0.6 is 0 Å². The number of carboxylic acid groups (broad SMARTS) is 1. The topological polar surface area (TPSA) is 95.5 Å². The average molecular weight is 282 g/mol. The second-order valence-corrected chi connectivity index (χ2v) is 5.95. The zero-order valence-corrected chi connectivity index (χ0v) is 11.6. The van der Waals surface area contributed by atoms with Crippen molar-refractivity contribution in [1.29, 1.82) is 0 Å². The van der Waals surface area contributed by atoms with Gasteiger partial charge in [0.2, 0.25) is 11.8 Å². The molecule has 6 nitrogen and oxygen atoms in total. The van der Waals surface area contributed by atoms with E-state index in [0.29, 0.717) is 19.4 Å². The molecule has 1 atom stereocenters. The number of carbonyl (C=O) groups excluding carboxylic acids is 2. The van der Waals surface area contributed by atoms with Crippen molar-refractivity contribution < 1.29 is 19.5 Å². The number of aliphatic carboxylic acids is 1. The molecule has 3 N–H and O–H groups in total. The van der Waals surface area contributed by atoms with Gasteiger partial charge in [-0.25, -0.2) is 0 Å². The van der Waals surface area contributed by atoms with Crippen LogP contribution in [0.3, 0.4) is 0 Å². The molecule has 6 heteroatoms. The SMILES string of the molecule is O=C1CC(NC(=O)CC2(C(=O)O)CCCCCC2)CN1. The molecule has 1 aliphatic heterocycles. The molecule has 1 heterocycles. The van der Waals surface area contributed by atoms with Crippen LogP contribution in [0.4, 0.5) is 0 Å². The van der Waals surface area contributed by atoms with Gasteiger partial charge in [0.1, 0.15) is 0 Å². The third-order valence-electron chi connectivity index (χ3n) is 4.36. The lowest BCUT2D eigenvalue weighted by Crippen LogP contribution is -2.42. The molecule has 0 bridgehead atoms. The molecule has 0 radical (unpaired) electrons. The number of carbonyl (C=O) groups is 3. The fraction of sp³-hybridized carbons (Fsp3) is 0.786. The summed E-state index contributed by atoms with van der Waals surface area (Å²) in [5.41, 5.74) is -0.920. The number of carboxylic acids is 1. The standard InChI is InChI=1S/C14H22N2O4/c17-11-7-10(9-15-11)16-12(18)8-14(13(19)20)5-3-1-2-4-6-14/h10H,1-9H2,(H,15,17)(H,16,18)(H,19,20). The molecule has 2 aliphatic rings. The number of hydrogen-bond donors (Lipinski definition) is 3. The molecule has 0 spiro atoms. The lowest BCUT2D eigenvalue weighted by atomic mass is 9.77. The van der Waals surface area contributed by atoms with Gasteiger partial charge in [0.05, 0.1) is 11.5 Å². The predicted octanol–water partition coefficient (Wildman–Crippen LogP) is 0.806. The Hall–Kier alpha value is -1.59. The Labute approximate surface area is 118 Å². The fourth-order valence-corrected chi connectivity index (χ4v) is 3.16. The molecule has 1 unspecified atom stereocenters. The molecule has 0 aromatic carbocycles. The third kappa shape index (κ3) is 3.49. The molecule has 2 fully saturated rings. The molecular weight excluding hydrogens is 260 g/mol. The Morgan fingerprint density at radius 2 is 1.90 bits per heavy atom. The largest absolute Gasteiger partial charge is 0.481 e.